The summed E-state index contributed by atoms with van der Waals surface area (Å²) in [5, 5.41) is 55.6. The summed E-state index contributed by atoms with van der Waals surface area (Å²) < 4.78 is 0. The Balaban J connectivity index is 1.87. The van der Waals surface area contributed by atoms with Gasteiger partial charge >= 0.3 is 11.9 Å². The number of hydrogen-bond acceptors (Lipinski definition) is 15. The molecule has 0 aliphatic carbocycles. The van der Waals surface area contributed by atoms with Crippen LogP contribution in [0.2, 0.25) is 0 Å². The van der Waals surface area contributed by atoms with Crippen LogP contribution in [-0.4, -0.2) is 175 Å². The molecule has 1 aromatic heterocycles. The number of phenolic OH excluding ortho intramolecular Hbond substituents is 1. The molecule has 1 aliphatic heterocycles. The molecule has 28 nitrogen and oxygen atoms in total. The van der Waals surface area contributed by atoms with Crippen LogP contribution in [0.15, 0.2) is 41.8 Å². The Labute approximate surface area is 432 Å². The van der Waals surface area contributed by atoms with Crippen molar-refractivity contribution in [3.63, 3.8) is 0 Å². The number of carbonyl (C=O) groups excluding carboxylic acids is 8. The van der Waals surface area contributed by atoms with Crippen LogP contribution in [0.3, 0.4) is 0 Å². The molecule has 3 rings (SSSR count). The molecule has 0 bridgehead atoms. The summed E-state index contributed by atoms with van der Waals surface area (Å²) >= 11 is 0. The normalized spacial score (nSPS) is 15.9. The lowest BCUT2D eigenvalue weighted by atomic mass is 10.00. The van der Waals surface area contributed by atoms with Crippen LogP contribution >= 0.6 is 0 Å². The monoisotopic (exact) mass is 1060 g/mol. The number of aromatic nitrogens is 2. The third-order valence-corrected chi connectivity index (χ3v) is 11.8. The van der Waals surface area contributed by atoms with Crippen LogP contribution in [0.1, 0.15) is 83.9 Å². The fraction of sp³-hybridized carbons (Fsp3) is 0.574. The number of aliphatic hydroxyl groups is 1. The molecule has 8 atom stereocenters. The molecule has 1 fully saturated rings. The molecule has 1 saturated heterocycles. The number of hydrogen-bond donors (Lipinski definition) is 15. The molecule has 0 radical (unpaired) electrons. The highest BCUT2D eigenvalue weighted by Crippen LogP contribution is 2.22. The van der Waals surface area contributed by atoms with E-state index in [9.17, 15) is 63.3 Å². The molecule has 1 aromatic carbocycles. The van der Waals surface area contributed by atoms with Crippen molar-refractivity contribution in [2.75, 3.05) is 26.2 Å². The van der Waals surface area contributed by atoms with Gasteiger partial charge in [-0.15, -0.1) is 0 Å². The number of aliphatic hydroxyl groups excluding tert-OH is 1. The zero-order valence-electron chi connectivity index (χ0n) is 42.4. The van der Waals surface area contributed by atoms with Gasteiger partial charge in [0.25, 0.3) is 0 Å². The van der Waals surface area contributed by atoms with Crippen molar-refractivity contribution < 1.29 is 68.4 Å². The fourth-order valence-corrected chi connectivity index (χ4v) is 7.90. The topological polar surface area (TPSA) is 458 Å². The van der Waals surface area contributed by atoms with E-state index < -0.39 is 139 Å². The highest BCUT2D eigenvalue weighted by molar-refractivity contribution is 5.98. The number of H-pyrrole nitrogens is 1. The standard InChI is InChI=1S/C47H72N14O14/c1-24(2)17-32(43(72)59-34(19-27-20-51-23-54-27)40(69)53-21-37(66)67)58-41(70)30(7-5-15-52-47(49)50)56-45(74)35-8-6-16-61(35)46(75)38(25(3)4)60-42(71)31(13-14-36(64)65)55-44(73)33(57-39(68)29(48)22-62)18-26-9-11-28(63)12-10-26/h9-12,20,23-25,29-35,38,62-63H,5-8,13-19,21-22,48H2,1-4H3,(H,51,54)(H,53,69)(H,55,73)(H,56,74)(H,57,68)(H,58,70)(H,59,72)(H,60,71)(H,64,65)(H,66,67)(H4,49,50,52)/t29-,30-,31-,32-,33-,34-,35-,38-/m0/s1. The maximum absolute atomic E-state index is 14.5. The molecule has 0 spiro atoms. The molecule has 0 unspecified atom stereocenters. The second-order valence-electron chi connectivity index (χ2n) is 18.8. The van der Waals surface area contributed by atoms with Gasteiger partial charge in [-0.05, 0) is 68.1 Å². The first-order chi connectivity index (χ1) is 35.4. The van der Waals surface area contributed by atoms with Crippen molar-refractivity contribution in [1.82, 2.24) is 52.1 Å². The number of imidazole rings is 1. The quantitative estimate of drug-likeness (QED) is 0.0194. The SMILES string of the molecule is CC(C)C[C@H](NC(=O)[C@H](CCCN=C(N)N)NC(=O)[C@@H]1CCCN1C(=O)[C@@H](NC(=O)[C@H](CCC(=O)O)NC(=O)[C@H](Cc1ccc(O)cc1)NC(=O)[C@@H](N)CO)C(C)C)C(=O)N[C@@H](Cc1cnc[nH]1)C(=O)NCC(=O)O. The number of aromatic amines is 1. The van der Waals surface area contributed by atoms with Gasteiger partial charge < -0.3 is 84.7 Å². The van der Waals surface area contributed by atoms with Gasteiger partial charge in [-0.1, -0.05) is 39.8 Å². The summed E-state index contributed by atoms with van der Waals surface area (Å²) in [5.74, 6) is -10.5. The summed E-state index contributed by atoms with van der Waals surface area (Å²) in [4.78, 5) is 145. The highest BCUT2D eigenvalue weighted by atomic mass is 16.4. The minimum atomic E-state index is -1.58. The Kier molecular flexibility index (Phi) is 24.9. The van der Waals surface area contributed by atoms with E-state index in [2.05, 4.69) is 52.2 Å². The summed E-state index contributed by atoms with van der Waals surface area (Å²) in [6.07, 6.45) is 1.99. The lowest BCUT2D eigenvalue weighted by Gasteiger charge is -2.32. The van der Waals surface area contributed by atoms with E-state index in [-0.39, 0.29) is 69.2 Å². The van der Waals surface area contributed by atoms with Gasteiger partial charge in [-0.2, -0.15) is 0 Å². The minimum Gasteiger partial charge on any atom is -0.508 e. The molecule has 2 aromatic rings. The summed E-state index contributed by atoms with van der Waals surface area (Å²) in [6.45, 7) is 5.37. The lowest BCUT2D eigenvalue weighted by molar-refractivity contribution is -0.144. The maximum Gasteiger partial charge on any atom is 0.322 e. The van der Waals surface area contributed by atoms with Crippen LogP contribution in [0, 0.1) is 11.8 Å². The number of guanidine groups is 1. The van der Waals surface area contributed by atoms with Gasteiger partial charge in [0, 0.05) is 44.2 Å². The smallest absolute Gasteiger partial charge is 0.322 e. The lowest BCUT2D eigenvalue weighted by Crippen LogP contribution is -2.61. The number of amides is 8. The van der Waals surface area contributed by atoms with Crippen molar-refractivity contribution in [3.05, 3.63) is 48.0 Å². The summed E-state index contributed by atoms with van der Waals surface area (Å²) in [6, 6.07) is -5.23. The molecule has 1 aliphatic rings. The number of carbonyl (C=O) groups is 10. The molecular formula is C47H72N14O14. The number of nitrogens with zero attached hydrogens (tertiary/aromatic N) is 3. The molecular weight excluding hydrogens is 985 g/mol. The van der Waals surface area contributed by atoms with Gasteiger partial charge in [0.15, 0.2) is 5.96 Å². The maximum atomic E-state index is 14.5. The number of aromatic hydroxyl groups is 1. The number of aliphatic carboxylic acids is 2. The second-order valence-corrected chi connectivity index (χ2v) is 18.8. The summed E-state index contributed by atoms with van der Waals surface area (Å²) in [7, 11) is 0. The molecule has 414 valence electrons. The number of phenols is 1. The Morgan fingerprint density at radius 2 is 1.35 bits per heavy atom. The van der Waals surface area contributed by atoms with E-state index in [1.165, 1.54) is 41.7 Å². The predicted molar refractivity (Wildman–Crippen MR) is 267 cm³/mol. The third-order valence-electron chi connectivity index (χ3n) is 11.8. The fourth-order valence-electron chi connectivity index (χ4n) is 7.90. The molecule has 0 saturated carbocycles. The number of nitrogens with one attached hydrogen (secondary N) is 8. The average molecular weight is 1060 g/mol. The van der Waals surface area contributed by atoms with Crippen LogP contribution in [0.4, 0.5) is 0 Å². The van der Waals surface area contributed by atoms with Gasteiger partial charge in [-0.25, -0.2) is 4.98 Å². The Hall–Kier alpha value is -7.88. The summed E-state index contributed by atoms with van der Waals surface area (Å²) in [5.41, 5.74) is 17.6. The number of carboxylic acid groups (broad SMARTS) is 2. The minimum absolute atomic E-state index is 0.0432. The van der Waals surface area contributed by atoms with E-state index in [1.807, 2.05) is 0 Å². The first-order valence-corrected chi connectivity index (χ1v) is 24.4. The number of carboxylic acids is 2. The first-order valence-electron chi connectivity index (χ1n) is 24.4. The predicted octanol–water partition coefficient (Wildman–Crippen LogP) is -4.06. The molecule has 2 heterocycles. The first kappa shape index (κ1) is 61.4. The van der Waals surface area contributed by atoms with Gasteiger partial charge in [0.1, 0.15) is 60.6 Å². The zero-order chi connectivity index (χ0) is 55.9. The van der Waals surface area contributed by atoms with Crippen LogP contribution in [0.25, 0.3) is 0 Å². The van der Waals surface area contributed by atoms with E-state index in [1.54, 1.807) is 27.7 Å². The highest BCUT2D eigenvalue weighted by Gasteiger charge is 2.41. The third kappa shape index (κ3) is 20.9. The van der Waals surface area contributed by atoms with Crippen LogP contribution in [-0.2, 0) is 60.8 Å². The number of rotatable bonds is 31. The second kappa shape index (κ2) is 30.3. The number of nitrogens with two attached hydrogens (primary N) is 3. The zero-order valence-corrected chi connectivity index (χ0v) is 42.4. The van der Waals surface area contributed by atoms with Crippen molar-refractivity contribution in [2.45, 2.75) is 134 Å². The van der Waals surface area contributed by atoms with E-state index in [0.717, 1.165) is 0 Å². The largest absolute Gasteiger partial charge is 0.508 e. The van der Waals surface area contributed by atoms with Crippen molar-refractivity contribution in [2.24, 2.45) is 34.0 Å². The molecule has 18 N–H and O–H groups in total. The molecule has 28 heteroatoms. The Bertz CT molecular complexity index is 2310. The molecule has 75 heavy (non-hydrogen) atoms. The van der Waals surface area contributed by atoms with Gasteiger partial charge in [0.2, 0.25) is 47.3 Å². The van der Waals surface area contributed by atoms with E-state index >= 15 is 0 Å². The van der Waals surface area contributed by atoms with Crippen LogP contribution < -0.4 is 54.4 Å². The average Bonchev–Trinajstić information content (AvgIpc) is 4.07. The van der Waals surface area contributed by atoms with Crippen molar-refractivity contribution in [1.29, 1.82) is 0 Å². The Morgan fingerprint density at radius 1 is 0.760 bits per heavy atom. The van der Waals surface area contributed by atoms with Crippen LogP contribution in [0.5, 0.6) is 5.75 Å². The number of aliphatic imine (C=N–C) groups is 1. The van der Waals surface area contributed by atoms with E-state index in [0.29, 0.717) is 17.7 Å². The molecule has 8 amide bonds. The van der Waals surface area contributed by atoms with Gasteiger partial charge in [-0.3, -0.25) is 52.9 Å². The van der Waals surface area contributed by atoms with Crippen molar-refractivity contribution in [3.8, 4) is 5.75 Å². The van der Waals surface area contributed by atoms with Gasteiger partial charge in [0.05, 0.1) is 12.9 Å². The van der Waals surface area contributed by atoms with E-state index in [4.69, 9.17) is 22.3 Å². The number of benzene rings is 1. The number of likely N-dealkylation sites (tertiary alicyclic amines) is 1. The van der Waals surface area contributed by atoms with Crippen molar-refractivity contribution >= 4 is 65.2 Å². The Morgan fingerprint density at radius 3 is 1.93 bits per heavy atom.